The summed E-state index contributed by atoms with van der Waals surface area (Å²) in [6, 6.07) is 0.523. The van der Waals surface area contributed by atoms with Crippen LogP contribution in [0.1, 0.15) is 35.4 Å². The second kappa shape index (κ2) is 7.66. The first-order valence-electron chi connectivity index (χ1n) is 11.1. The van der Waals surface area contributed by atoms with Crippen molar-refractivity contribution in [3.05, 3.63) is 56.5 Å². The second-order valence-corrected chi connectivity index (χ2v) is 10.0. The number of hydrogen-bond donors (Lipinski definition) is 4. The molecule has 4 unspecified atom stereocenters. The smallest absolute Gasteiger partial charge is 0.199 e. The topological polar surface area (TPSA) is 125 Å². The number of nitrogens with one attached hydrogen (secondary N) is 2. The number of halogens is 2. The first kappa shape index (κ1) is 21.3. The lowest BCUT2D eigenvalue weighted by molar-refractivity contribution is 0.205. The van der Waals surface area contributed by atoms with Crippen LogP contribution in [0, 0.1) is 11.3 Å². The Hall–Kier alpha value is -3.20. The fourth-order valence-electron chi connectivity index (χ4n) is 5.41. The number of rotatable bonds is 1. The summed E-state index contributed by atoms with van der Waals surface area (Å²) in [4.78, 5) is 7.06. The van der Waals surface area contributed by atoms with Crippen molar-refractivity contribution in [1.82, 2.24) is 15.5 Å². The van der Waals surface area contributed by atoms with E-state index in [0.29, 0.717) is 29.3 Å². The monoisotopic (exact) mass is 483 g/mol. The number of guanidine groups is 1. The predicted molar refractivity (Wildman–Crippen MR) is 126 cm³/mol. The van der Waals surface area contributed by atoms with E-state index in [2.05, 4.69) is 21.6 Å². The van der Waals surface area contributed by atoms with E-state index in [1.54, 1.807) is 6.20 Å². The van der Waals surface area contributed by atoms with Gasteiger partial charge in [-0.15, -0.1) is 11.3 Å². The molecule has 0 bridgehead atoms. The Morgan fingerprint density at radius 3 is 2.82 bits per heavy atom. The lowest BCUT2D eigenvalue weighted by atomic mass is 9.79. The second-order valence-electron chi connectivity index (χ2n) is 8.99. The molecule has 0 aromatic carbocycles. The van der Waals surface area contributed by atoms with E-state index in [1.807, 2.05) is 6.92 Å². The van der Waals surface area contributed by atoms with Crippen molar-refractivity contribution in [2.45, 2.75) is 37.5 Å². The zero-order valence-electron chi connectivity index (χ0n) is 18.4. The number of anilines is 1. The number of ether oxygens (including phenoxy) is 1. The van der Waals surface area contributed by atoms with Crippen molar-refractivity contribution >= 4 is 28.1 Å². The van der Waals surface area contributed by atoms with Gasteiger partial charge in [-0.1, -0.05) is 0 Å². The number of nitrogens with two attached hydrogens (primary N) is 2. The van der Waals surface area contributed by atoms with Gasteiger partial charge in [-0.3, -0.25) is 0 Å². The van der Waals surface area contributed by atoms with Gasteiger partial charge in [0.1, 0.15) is 22.9 Å². The molecule has 176 valence electrons. The maximum atomic E-state index is 16.4. The van der Waals surface area contributed by atoms with Crippen molar-refractivity contribution in [1.29, 1.82) is 5.26 Å². The third kappa shape index (κ3) is 2.89. The van der Waals surface area contributed by atoms with E-state index in [1.165, 1.54) is 6.20 Å². The molecule has 34 heavy (non-hydrogen) atoms. The maximum absolute atomic E-state index is 16.4. The van der Waals surface area contributed by atoms with Crippen molar-refractivity contribution in [3.8, 4) is 6.07 Å². The zero-order chi connectivity index (χ0) is 23.7. The van der Waals surface area contributed by atoms with Gasteiger partial charge >= 0.3 is 0 Å². The SMILES string of the molecule is CC1C(N)CCN1C1=NC2C(=CN1)C1=C(COC1)C(C1NC=C(F)c3sc(N)c(C#N)c31)=C2F. The van der Waals surface area contributed by atoms with Gasteiger partial charge in [0.15, 0.2) is 11.8 Å². The molecule has 6 N–H and O–H groups in total. The minimum absolute atomic E-state index is 0.0229. The maximum Gasteiger partial charge on any atom is 0.199 e. The van der Waals surface area contributed by atoms with E-state index in [0.717, 1.165) is 35.4 Å². The standard InChI is InChI=1S/C23H23F2N7OS/c1-9-15(27)2-3-32(9)23-30-5-11-12-7-33-8-13(12)16(18(25)19(11)31-23)20-17-10(4-26)22(28)34-21(17)14(24)6-29-20/h5-6,9,15,19-20,29H,2-3,7-8,27-28H2,1H3,(H,30,31). The van der Waals surface area contributed by atoms with Gasteiger partial charge in [0, 0.05) is 47.7 Å². The highest BCUT2D eigenvalue weighted by Gasteiger charge is 2.44. The van der Waals surface area contributed by atoms with Crippen LogP contribution in [0.15, 0.2) is 45.5 Å². The van der Waals surface area contributed by atoms with E-state index in [9.17, 15) is 9.65 Å². The van der Waals surface area contributed by atoms with Gasteiger partial charge in [-0.05, 0) is 24.5 Å². The molecule has 4 aliphatic heterocycles. The Balaban J connectivity index is 1.48. The molecule has 1 saturated heterocycles. The molecule has 0 radical (unpaired) electrons. The van der Waals surface area contributed by atoms with Gasteiger partial charge < -0.3 is 31.7 Å². The quantitative estimate of drug-likeness (QED) is 0.483. The van der Waals surface area contributed by atoms with Gasteiger partial charge in [0.2, 0.25) is 0 Å². The molecule has 11 heteroatoms. The molecule has 5 heterocycles. The molecule has 0 saturated carbocycles. The third-order valence-electron chi connectivity index (χ3n) is 7.27. The van der Waals surface area contributed by atoms with Crippen LogP contribution in [-0.2, 0) is 4.74 Å². The van der Waals surface area contributed by atoms with Gasteiger partial charge in [0.05, 0.1) is 29.7 Å². The largest absolute Gasteiger partial charge is 0.389 e. The average molecular weight is 484 g/mol. The fourth-order valence-corrected chi connectivity index (χ4v) is 6.37. The number of nitrogen functional groups attached to an aromatic ring is 1. The van der Waals surface area contributed by atoms with E-state index >= 15 is 4.39 Å². The molecule has 0 amide bonds. The van der Waals surface area contributed by atoms with Crippen molar-refractivity contribution in [3.63, 3.8) is 0 Å². The molecule has 5 aliphatic rings. The minimum Gasteiger partial charge on any atom is -0.389 e. The average Bonchev–Trinajstić information content (AvgIpc) is 3.53. The molecule has 8 nitrogen and oxygen atoms in total. The lowest BCUT2D eigenvalue weighted by Gasteiger charge is -2.35. The fraction of sp³-hybridized carbons (Fsp3) is 0.391. The van der Waals surface area contributed by atoms with Gasteiger partial charge in [0.25, 0.3) is 0 Å². The summed E-state index contributed by atoms with van der Waals surface area (Å²) in [7, 11) is 0. The first-order valence-corrected chi connectivity index (χ1v) is 11.9. The molecule has 1 aromatic rings. The van der Waals surface area contributed by atoms with Gasteiger partial charge in [-0.2, -0.15) is 5.26 Å². The Labute approximate surface area is 198 Å². The summed E-state index contributed by atoms with van der Waals surface area (Å²) >= 11 is 0.996. The van der Waals surface area contributed by atoms with Crippen LogP contribution in [0.4, 0.5) is 13.8 Å². The van der Waals surface area contributed by atoms with E-state index in [-0.39, 0.29) is 34.1 Å². The number of nitrogens with zero attached hydrogens (tertiary/aromatic N) is 3. The lowest BCUT2D eigenvalue weighted by Crippen LogP contribution is -2.47. The van der Waals surface area contributed by atoms with Crippen LogP contribution in [0.3, 0.4) is 0 Å². The Kier molecular flexibility index (Phi) is 4.81. The van der Waals surface area contributed by atoms with Gasteiger partial charge in [-0.25, -0.2) is 13.8 Å². The van der Waals surface area contributed by atoms with Crippen molar-refractivity contribution in [2.75, 3.05) is 25.5 Å². The van der Waals surface area contributed by atoms with Crippen LogP contribution < -0.4 is 22.1 Å². The Morgan fingerprint density at radius 2 is 2.09 bits per heavy atom. The summed E-state index contributed by atoms with van der Waals surface area (Å²) in [5, 5.41) is 16.1. The van der Waals surface area contributed by atoms with Crippen LogP contribution in [0.5, 0.6) is 0 Å². The molecule has 6 rings (SSSR count). The van der Waals surface area contributed by atoms with Crippen LogP contribution in [0.25, 0.3) is 5.83 Å². The van der Waals surface area contributed by atoms with Crippen molar-refractivity contribution < 1.29 is 13.5 Å². The minimum atomic E-state index is -0.863. The summed E-state index contributed by atoms with van der Waals surface area (Å²) in [5.41, 5.74) is 15.3. The number of fused-ring (bicyclic) bond motifs is 3. The summed E-state index contributed by atoms with van der Waals surface area (Å²) in [6.07, 6.45) is 3.84. The van der Waals surface area contributed by atoms with Crippen LogP contribution in [-0.4, -0.2) is 48.7 Å². The highest BCUT2D eigenvalue weighted by molar-refractivity contribution is 7.17. The molecular weight excluding hydrogens is 460 g/mol. The normalized spacial score (nSPS) is 30.0. The summed E-state index contributed by atoms with van der Waals surface area (Å²) in [5.74, 6) is -0.397. The number of aliphatic imine (C=N–C) groups is 1. The molecule has 4 atom stereocenters. The first-order chi connectivity index (χ1) is 16.4. The van der Waals surface area contributed by atoms with E-state index < -0.39 is 23.7 Å². The zero-order valence-corrected chi connectivity index (χ0v) is 19.2. The Bertz CT molecular complexity index is 1300. The van der Waals surface area contributed by atoms with E-state index in [4.69, 9.17) is 21.2 Å². The van der Waals surface area contributed by atoms with Crippen molar-refractivity contribution in [2.24, 2.45) is 10.7 Å². The summed E-state index contributed by atoms with van der Waals surface area (Å²) in [6.45, 7) is 3.31. The highest BCUT2D eigenvalue weighted by Crippen LogP contribution is 2.50. The van der Waals surface area contributed by atoms with Crippen LogP contribution in [0.2, 0.25) is 0 Å². The number of hydrogen-bond acceptors (Lipinski definition) is 9. The molecule has 1 aliphatic carbocycles. The molecular formula is C23H23F2N7OS. The number of likely N-dealkylation sites (tertiary alicyclic amines) is 1. The Morgan fingerprint density at radius 1 is 1.29 bits per heavy atom. The number of thiophene rings is 1. The van der Waals surface area contributed by atoms with Crippen LogP contribution >= 0.6 is 11.3 Å². The molecule has 1 fully saturated rings. The number of nitriles is 1. The highest BCUT2D eigenvalue weighted by atomic mass is 32.1. The third-order valence-corrected chi connectivity index (χ3v) is 8.32. The molecule has 0 spiro atoms. The predicted octanol–water partition coefficient (Wildman–Crippen LogP) is 2.31. The summed E-state index contributed by atoms with van der Waals surface area (Å²) < 4.78 is 36.7. The molecule has 1 aromatic heterocycles.